The zero-order chi connectivity index (χ0) is 17.8. The summed E-state index contributed by atoms with van der Waals surface area (Å²) in [4.78, 5) is 0.688. The molecule has 0 aromatic heterocycles. The molecule has 1 atom stereocenters. The molecule has 4 rings (SSSR count). The third-order valence-corrected chi connectivity index (χ3v) is 7.99. The van der Waals surface area contributed by atoms with Gasteiger partial charge >= 0.3 is 163 Å². The van der Waals surface area contributed by atoms with Gasteiger partial charge in [-0.15, -0.1) is 0 Å². The first-order valence-electron chi connectivity index (χ1n) is 9.31. The van der Waals surface area contributed by atoms with Gasteiger partial charge in [0.1, 0.15) is 0 Å². The van der Waals surface area contributed by atoms with Gasteiger partial charge in [0.15, 0.2) is 0 Å². The molecule has 0 spiro atoms. The second kappa shape index (κ2) is 8.12. The first-order valence-corrected chi connectivity index (χ1v) is 11.5. The van der Waals surface area contributed by atoms with Gasteiger partial charge < -0.3 is 0 Å². The van der Waals surface area contributed by atoms with Crippen LogP contribution in [0.3, 0.4) is 0 Å². The Balaban J connectivity index is 1.97. The summed E-state index contributed by atoms with van der Waals surface area (Å²) in [5, 5.41) is 1.39. The molecule has 1 nitrogen and oxygen atoms in total. The summed E-state index contributed by atoms with van der Waals surface area (Å²) < 4.78 is 5.69. The molecule has 3 aromatic carbocycles. The SMILES string of the molecule is COc1cc(-c2ccccc2)c(C2CCCC[Se]2)c(-c2ccccc2)c1. The van der Waals surface area contributed by atoms with Crippen molar-refractivity contribution in [1.82, 2.24) is 0 Å². The van der Waals surface area contributed by atoms with E-state index < -0.39 is 0 Å². The Kier molecular flexibility index (Phi) is 5.43. The predicted molar refractivity (Wildman–Crippen MR) is 111 cm³/mol. The third-order valence-electron chi connectivity index (χ3n) is 5.06. The molecule has 1 fully saturated rings. The number of ether oxygens (including phenoxy) is 1. The van der Waals surface area contributed by atoms with Crippen molar-refractivity contribution in [3.63, 3.8) is 0 Å². The van der Waals surface area contributed by atoms with Crippen LogP contribution in [0.25, 0.3) is 22.3 Å². The van der Waals surface area contributed by atoms with E-state index in [9.17, 15) is 0 Å². The summed E-state index contributed by atoms with van der Waals surface area (Å²) in [7, 11) is 1.77. The fraction of sp³-hybridized carbons (Fsp3) is 0.250. The van der Waals surface area contributed by atoms with Crippen LogP contribution in [0.2, 0.25) is 5.32 Å². The van der Waals surface area contributed by atoms with Crippen LogP contribution in [0.15, 0.2) is 72.8 Å². The van der Waals surface area contributed by atoms with Gasteiger partial charge in [-0.3, -0.25) is 0 Å². The average Bonchev–Trinajstić information content (AvgIpc) is 2.74. The summed E-state index contributed by atoms with van der Waals surface area (Å²) in [6, 6.07) is 26.1. The molecule has 132 valence electrons. The Labute approximate surface area is 162 Å². The normalized spacial score (nSPS) is 17.0. The van der Waals surface area contributed by atoms with E-state index in [0.29, 0.717) is 19.8 Å². The minimum atomic E-state index is 0.667. The molecule has 0 bridgehead atoms. The number of hydrogen-bond acceptors (Lipinski definition) is 1. The van der Waals surface area contributed by atoms with Crippen molar-refractivity contribution in [2.45, 2.75) is 29.4 Å². The van der Waals surface area contributed by atoms with Crippen LogP contribution < -0.4 is 4.74 Å². The molecule has 1 unspecified atom stereocenters. The number of rotatable bonds is 4. The van der Waals surface area contributed by atoms with Crippen molar-refractivity contribution >= 4 is 15.0 Å². The second-order valence-corrected chi connectivity index (χ2v) is 9.47. The van der Waals surface area contributed by atoms with Gasteiger partial charge in [-0.1, -0.05) is 0 Å². The minimum absolute atomic E-state index is 0.667. The molecular weight excluding hydrogens is 383 g/mol. The van der Waals surface area contributed by atoms with E-state index >= 15 is 0 Å². The van der Waals surface area contributed by atoms with Gasteiger partial charge in [-0.25, -0.2) is 0 Å². The molecule has 0 N–H and O–H groups in total. The Hall–Kier alpha value is -2.02. The fourth-order valence-electron chi connectivity index (χ4n) is 3.77. The number of hydrogen-bond donors (Lipinski definition) is 0. The standard InChI is InChI=1S/C24H24OSe/c1-25-20-16-21(18-10-4-2-5-11-18)24(23-14-8-9-15-26-23)22(17-20)19-12-6-3-7-13-19/h2-7,10-13,16-17,23H,8-9,14-15H2,1H3. The maximum absolute atomic E-state index is 5.69. The molecule has 1 aliphatic rings. The predicted octanol–water partition coefficient (Wildman–Crippen LogP) is 6.38. The summed E-state index contributed by atoms with van der Waals surface area (Å²) in [5.41, 5.74) is 6.80. The Morgan fingerprint density at radius 1 is 0.808 bits per heavy atom. The Bertz CT molecular complexity index is 791. The second-order valence-electron chi connectivity index (χ2n) is 6.72. The molecular formula is C24H24OSe. The van der Waals surface area contributed by atoms with E-state index in [-0.39, 0.29) is 0 Å². The maximum atomic E-state index is 5.69. The molecule has 0 radical (unpaired) electrons. The third kappa shape index (κ3) is 3.58. The molecule has 3 aromatic rings. The van der Waals surface area contributed by atoms with E-state index in [1.54, 1.807) is 7.11 Å². The van der Waals surface area contributed by atoms with Crippen LogP contribution in [0.1, 0.15) is 29.6 Å². The van der Waals surface area contributed by atoms with E-state index in [4.69, 9.17) is 4.74 Å². The van der Waals surface area contributed by atoms with E-state index in [1.165, 1.54) is 52.4 Å². The van der Waals surface area contributed by atoms with E-state index in [2.05, 4.69) is 72.8 Å². The van der Waals surface area contributed by atoms with E-state index in [0.717, 1.165) is 5.75 Å². The van der Waals surface area contributed by atoms with Gasteiger partial charge in [-0.2, -0.15) is 0 Å². The first-order chi connectivity index (χ1) is 12.9. The molecule has 0 amide bonds. The zero-order valence-corrected chi connectivity index (χ0v) is 16.9. The van der Waals surface area contributed by atoms with Crippen molar-refractivity contribution in [3.8, 4) is 28.0 Å². The van der Waals surface area contributed by atoms with Gasteiger partial charge in [-0.05, 0) is 0 Å². The van der Waals surface area contributed by atoms with Crippen LogP contribution in [0, 0.1) is 0 Å². The van der Waals surface area contributed by atoms with Crippen LogP contribution in [-0.4, -0.2) is 22.1 Å². The average molecular weight is 407 g/mol. The van der Waals surface area contributed by atoms with Gasteiger partial charge in [0.25, 0.3) is 0 Å². The first kappa shape index (κ1) is 17.4. The molecule has 1 aliphatic heterocycles. The summed E-state index contributed by atoms with van der Waals surface area (Å²) in [6.07, 6.45) is 4.06. The van der Waals surface area contributed by atoms with Gasteiger partial charge in [0.05, 0.1) is 0 Å². The van der Waals surface area contributed by atoms with Crippen molar-refractivity contribution in [2.24, 2.45) is 0 Å². The number of methoxy groups -OCH3 is 1. The molecule has 1 heterocycles. The van der Waals surface area contributed by atoms with Crippen molar-refractivity contribution in [2.75, 3.05) is 7.11 Å². The Morgan fingerprint density at radius 3 is 1.85 bits per heavy atom. The summed E-state index contributed by atoms with van der Waals surface area (Å²) in [5.74, 6) is 0.940. The van der Waals surface area contributed by atoms with Crippen LogP contribution in [0.4, 0.5) is 0 Å². The quantitative estimate of drug-likeness (QED) is 0.456. The fourth-order valence-corrected chi connectivity index (χ4v) is 6.73. The van der Waals surface area contributed by atoms with Crippen LogP contribution in [0.5, 0.6) is 5.75 Å². The molecule has 0 aliphatic carbocycles. The molecule has 0 saturated carbocycles. The zero-order valence-electron chi connectivity index (χ0n) is 15.2. The van der Waals surface area contributed by atoms with Crippen LogP contribution in [-0.2, 0) is 0 Å². The molecule has 2 heteroatoms. The van der Waals surface area contributed by atoms with Crippen molar-refractivity contribution in [1.29, 1.82) is 0 Å². The van der Waals surface area contributed by atoms with Gasteiger partial charge in [0.2, 0.25) is 0 Å². The number of benzene rings is 3. The van der Waals surface area contributed by atoms with E-state index in [1.807, 2.05) is 0 Å². The summed E-state index contributed by atoms with van der Waals surface area (Å²) in [6.45, 7) is 0. The van der Waals surface area contributed by atoms with Crippen molar-refractivity contribution < 1.29 is 4.74 Å². The topological polar surface area (TPSA) is 9.23 Å². The Morgan fingerprint density at radius 2 is 1.38 bits per heavy atom. The van der Waals surface area contributed by atoms with Gasteiger partial charge in [0, 0.05) is 0 Å². The molecule has 1 saturated heterocycles. The summed E-state index contributed by atoms with van der Waals surface area (Å²) >= 11 is 0.667. The molecule has 26 heavy (non-hydrogen) atoms. The monoisotopic (exact) mass is 408 g/mol. The van der Waals surface area contributed by atoms with Crippen LogP contribution >= 0.6 is 0 Å². The van der Waals surface area contributed by atoms with Crippen molar-refractivity contribution in [3.05, 3.63) is 78.4 Å².